The maximum Gasteiger partial charge on any atom is 0.0687 e. The minimum atomic E-state index is -0.265. The fourth-order valence-electron chi connectivity index (χ4n) is 2.28. The Kier molecular flexibility index (Phi) is 2.63. The Morgan fingerprint density at radius 3 is 2.88 bits per heavy atom. The van der Waals surface area contributed by atoms with Gasteiger partial charge in [0.05, 0.1) is 11.5 Å². The summed E-state index contributed by atoms with van der Waals surface area (Å²) in [7, 11) is 2.13. The molecule has 0 spiro atoms. The lowest BCUT2D eigenvalue weighted by Crippen LogP contribution is -2.13. The molecule has 1 aliphatic rings. The summed E-state index contributed by atoms with van der Waals surface area (Å²) in [4.78, 5) is 2.29. The number of nitrogens with zero attached hydrogens (tertiary/aromatic N) is 2. The predicted molar refractivity (Wildman–Crippen MR) is 66.5 cm³/mol. The summed E-state index contributed by atoms with van der Waals surface area (Å²) in [5.41, 5.74) is 3.78. The summed E-state index contributed by atoms with van der Waals surface area (Å²) in [5, 5.41) is 9.03. The second kappa shape index (κ2) is 3.83. The van der Waals surface area contributed by atoms with Gasteiger partial charge in [-0.1, -0.05) is 12.1 Å². The largest absolute Gasteiger partial charge is 0.374 e. The minimum absolute atomic E-state index is 0.265. The van der Waals surface area contributed by atoms with Crippen LogP contribution >= 0.6 is 0 Å². The Morgan fingerprint density at radius 1 is 1.44 bits per heavy atom. The third-order valence-electron chi connectivity index (χ3n) is 3.22. The molecule has 16 heavy (non-hydrogen) atoms. The van der Waals surface area contributed by atoms with Crippen LogP contribution in [0.4, 0.5) is 5.69 Å². The van der Waals surface area contributed by atoms with Crippen LogP contribution in [-0.2, 0) is 12.8 Å². The summed E-state index contributed by atoms with van der Waals surface area (Å²) in [5.74, 6) is 0. The number of anilines is 1. The molecule has 84 valence electrons. The molecule has 2 nitrogen and oxygen atoms in total. The van der Waals surface area contributed by atoms with Gasteiger partial charge in [-0.3, -0.25) is 0 Å². The van der Waals surface area contributed by atoms with Crippen LogP contribution in [0.2, 0.25) is 0 Å². The molecule has 1 heterocycles. The molecule has 0 bridgehead atoms. The number of fused-ring (bicyclic) bond motifs is 1. The maximum atomic E-state index is 9.03. The van der Waals surface area contributed by atoms with E-state index in [0.29, 0.717) is 0 Å². The Morgan fingerprint density at radius 2 is 2.19 bits per heavy atom. The first-order valence-corrected chi connectivity index (χ1v) is 5.76. The first kappa shape index (κ1) is 11.0. The standard InChI is InChI=1S/C14H18N2/c1-14(2,10-15)9-11-4-5-13-12(8-11)6-7-16(13)3/h4-5,8H,6-7,9H2,1-3H3. The van der Waals surface area contributed by atoms with Gasteiger partial charge in [0.25, 0.3) is 0 Å². The van der Waals surface area contributed by atoms with Gasteiger partial charge >= 0.3 is 0 Å². The van der Waals surface area contributed by atoms with Crippen LogP contribution < -0.4 is 4.90 Å². The fourth-order valence-corrected chi connectivity index (χ4v) is 2.28. The highest BCUT2D eigenvalue weighted by Gasteiger charge is 2.20. The average Bonchev–Trinajstić information content (AvgIpc) is 2.60. The van der Waals surface area contributed by atoms with Crippen molar-refractivity contribution in [2.75, 3.05) is 18.5 Å². The van der Waals surface area contributed by atoms with Crippen LogP contribution in [0.5, 0.6) is 0 Å². The molecule has 0 aromatic heterocycles. The van der Waals surface area contributed by atoms with Gasteiger partial charge in [-0.05, 0) is 43.9 Å². The van der Waals surface area contributed by atoms with Gasteiger partial charge < -0.3 is 4.90 Å². The van der Waals surface area contributed by atoms with Crippen molar-refractivity contribution in [3.63, 3.8) is 0 Å². The van der Waals surface area contributed by atoms with Crippen molar-refractivity contribution in [1.82, 2.24) is 0 Å². The van der Waals surface area contributed by atoms with Crippen LogP contribution in [0.3, 0.4) is 0 Å². The molecule has 0 saturated heterocycles. The van der Waals surface area contributed by atoms with Crippen molar-refractivity contribution < 1.29 is 0 Å². The molecule has 1 aliphatic heterocycles. The Bertz CT molecular complexity index is 441. The second-order valence-corrected chi connectivity index (χ2v) is 5.31. The van der Waals surface area contributed by atoms with Gasteiger partial charge in [-0.15, -0.1) is 0 Å². The molecule has 0 atom stereocenters. The summed E-state index contributed by atoms with van der Waals surface area (Å²) in [6.07, 6.45) is 1.97. The predicted octanol–water partition coefficient (Wildman–Crippen LogP) is 2.77. The third kappa shape index (κ3) is 2.04. The highest BCUT2D eigenvalue weighted by molar-refractivity contribution is 5.58. The van der Waals surface area contributed by atoms with Crippen LogP contribution in [0, 0.1) is 16.7 Å². The SMILES string of the molecule is CN1CCc2cc(CC(C)(C)C#N)ccc21. The number of rotatable bonds is 2. The van der Waals surface area contributed by atoms with Crippen LogP contribution in [0.25, 0.3) is 0 Å². The molecule has 0 radical (unpaired) electrons. The van der Waals surface area contributed by atoms with E-state index in [1.54, 1.807) is 0 Å². The first-order valence-electron chi connectivity index (χ1n) is 5.76. The molecule has 0 N–H and O–H groups in total. The lowest BCUT2D eigenvalue weighted by Gasteiger charge is -2.16. The fraction of sp³-hybridized carbons (Fsp3) is 0.500. The molecule has 2 heteroatoms. The monoisotopic (exact) mass is 214 g/mol. The van der Waals surface area contributed by atoms with E-state index in [-0.39, 0.29) is 5.41 Å². The summed E-state index contributed by atoms with van der Waals surface area (Å²) in [6, 6.07) is 8.96. The Hall–Kier alpha value is -1.49. The lowest BCUT2D eigenvalue weighted by atomic mass is 9.87. The summed E-state index contributed by atoms with van der Waals surface area (Å²) in [6.45, 7) is 5.10. The first-order chi connectivity index (χ1) is 7.52. The minimum Gasteiger partial charge on any atom is -0.374 e. The molecule has 0 unspecified atom stereocenters. The summed E-state index contributed by atoms with van der Waals surface area (Å²) < 4.78 is 0. The molecular formula is C14H18N2. The molecule has 0 amide bonds. The molecule has 2 rings (SSSR count). The van der Waals surface area contributed by atoms with Gasteiger partial charge in [0.1, 0.15) is 0 Å². The van der Waals surface area contributed by atoms with Gasteiger partial charge in [0, 0.05) is 19.3 Å². The molecule has 0 saturated carbocycles. The highest BCUT2D eigenvalue weighted by Crippen LogP contribution is 2.29. The van der Waals surface area contributed by atoms with E-state index in [1.807, 2.05) is 13.8 Å². The molecule has 1 aromatic carbocycles. The maximum absolute atomic E-state index is 9.03. The van der Waals surface area contributed by atoms with Gasteiger partial charge in [-0.25, -0.2) is 0 Å². The van der Waals surface area contributed by atoms with Crippen molar-refractivity contribution in [3.8, 4) is 6.07 Å². The van der Waals surface area contributed by atoms with Crippen LogP contribution in [-0.4, -0.2) is 13.6 Å². The smallest absolute Gasteiger partial charge is 0.0687 e. The lowest BCUT2D eigenvalue weighted by molar-refractivity contribution is 0.493. The zero-order chi connectivity index (χ0) is 11.8. The van der Waals surface area contributed by atoms with E-state index in [0.717, 1.165) is 19.4 Å². The molecule has 1 aromatic rings. The Balaban J connectivity index is 2.24. The van der Waals surface area contributed by atoms with Gasteiger partial charge in [0.15, 0.2) is 0 Å². The quantitative estimate of drug-likeness (QED) is 0.757. The van der Waals surface area contributed by atoms with Crippen molar-refractivity contribution in [2.45, 2.75) is 26.7 Å². The third-order valence-corrected chi connectivity index (χ3v) is 3.22. The number of likely N-dealkylation sites (N-methyl/N-ethyl adjacent to an activating group) is 1. The van der Waals surface area contributed by atoms with Gasteiger partial charge in [0.2, 0.25) is 0 Å². The van der Waals surface area contributed by atoms with E-state index >= 15 is 0 Å². The van der Waals surface area contributed by atoms with Gasteiger partial charge in [-0.2, -0.15) is 5.26 Å². The number of hydrogen-bond donors (Lipinski definition) is 0. The number of nitriles is 1. The second-order valence-electron chi connectivity index (χ2n) is 5.31. The summed E-state index contributed by atoms with van der Waals surface area (Å²) >= 11 is 0. The van der Waals surface area contributed by atoms with E-state index < -0.39 is 0 Å². The van der Waals surface area contributed by atoms with Crippen molar-refractivity contribution in [2.24, 2.45) is 5.41 Å². The van der Waals surface area contributed by atoms with Crippen molar-refractivity contribution in [1.29, 1.82) is 5.26 Å². The van der Waals surface area contributed by atoms with E-state index in [1.165, 1.54) is 16.8 Å². The topological polar surface area (TPSA) is 27.0 Å². The van der Waals surface area contributed by atoms with E-state index in [2.05, 4.69) is 36.2 Å². The van der Waals surface area contributed by atoms with Crippen LogP contribution in [0.15, 0.2) is 18.2 Å². The highest BCUT2D eigenvalue weighted by atomic mass is 15.1. The molecule has 0 fully saturated rings. The average molecular weight is 214 g/mol. The number of hydrogen-bond acceptors (Lipinski definition) is 2. The van der Waals surface area contributed by atoms with E-state index in [9.17, 15) is 0 Å². The van der Waals surface area contributed by atoms with Crippen molar-refractivity contribution in [3.05, 3.63) is 29.3 Å². The molecular weight excluding hydrogens is 196 g/mol. The van der Waals surface area contributed by atoms with E-state index in [4.69, 9.17) is 5.26 Å². The zero-order valence-electron chi connectivity index (χ0n) is 10.2. The molecule has 0 aliphatic carbocycles. The van der Waals surface area contributed by atoms with Crippen LogP contribution in [0.1, 0.15) is 25.0 Å². The normalized spacial score (nSPS) is 14.8. The number of benzene rings is 1. The van der Waals surface area contributed by atoms with Crippen molar-refractivity contribution >= 4 is 5.69 Å². The Labute approximate surface area is 97.5 Å². The zero-order valence-corrected chi connectivity index (χ0v) is 10.2.